The predicted molar refractivity (Wildman–Crippen MR) is 162 cm³/mol. The van der Waals surface area contributed by atoms with E-state index in [1.807, 2.05) is 0 Å². The molecule has 212 valence electrons. The van der Waals surface area contributed by atoms with Crippen LogP contribution in [0.3, 0.4) is 0 Å². The zero-order valence-corrected chi connectivity index (χ0v) is 22.6. The molecule has 0 bridgehead atoms. The van der Waals surface area contributed by atoms with E-state index in [1.165, 1.54) is 43.5 Å². The van der Waals surface area contributed by atoms with E-state index < -0.39 is 56.8 Å². The Kier molecular flexibility index (Phi) is 4.97. The summed E-state index contributed by atoms with van der Waals surface area (Å²) in [5.41, 5.74) is 2.86. The fraction of sp³-hybridized carbons (Fsp3) is 0.303. The van der Waals surface area contributed by atoms with Crippen LogP contribution < -0.4 is 10.2 Å². The largest absolute Gasteiger partial charge is 0.465 e. The van der Waals surface area contributed by atoms with Crippen LogP contribution in [-0.4, -0.2) is 80.7 Å². The van der Waals surface area contributed by atoms with Crippen LogP contribution in [0, 0.1) is 0 Å². The number of nitrogens with zero attached hydrogens (tertiary/aromatic N) is 3. The van der Waals surface area contributed by atoms with E-state index in [9.17, 15) is 14.4 Å². The second kappa shape index (κ2) is 12.1. The normalized spacial score (nSPS) is 28.9. The number of likely N-dealkylation sites (N-methyl/N-ethyl adjacent to an activating group) is 2. The van der Waals surface area contributed by atoms with Crippen molar-refractivity contribution < 1.29 is 35.6 Å². The standard InChI is InChI=1S/C33H36N4O4/c1-22-20-37(17-16-35(22)2)21-30(38)36(3)26-13-10-23(11-14-26)18-28(24-8-6-5-7-9-24)31-27-15-12-25(33(40)41-4)19-29(27)34-32(31)39/h5-15,19,22H,16-18,20-21H2,1-4H3,(H,34,39)/b31-28+/i3D3,16D2,17D2,20D2,21D2,22D. The van der Waals surface area contributed by atoms with Crippen LogP contribution in [0.5, 0.6) is 0 Å². The minimum Gasteiger partial charge on any atom is -0.465 e. The number of nitrogens with one attached hydrogen (secondary N) is 1. The lowest BCUT2D eigenvalue weighted by Crippen LogP contribution is -2.52. The van der Waals surface area contributed by atoms with Crippen molar-refractivity contribution in [3.05, 3.63) is 95.1 Å². The minimum absolute atomic E-state index is 0.0637. The van der Waals surface area contributed by atoms with E-state index in [4.69, 9.17) is 21.2 Å². The molecule has 0 radical (unpaired) electrons. The molecule has 41 heavy (non-hydrogen) atoms. The van der Waals surface area contributed by atoms with E-state index in [0.29, 0.717) is 38.4 Å². The number of carbonyl (C=O) groups is 3. The maximum absolute atomic E-state index is 14.0. The first-order valence-electron chi connectivity index (χ1n) is 18.6. The van der Waals surface area contributed by atoms with E-state index in [1.54, 1.807) is 36.4 Å². The van der Waals surface area contributed by atoms with Crippen molar-refractivity contribution in [2.75, 3.05) is 57.3 Å². The molecule has 2 amide bonds. The van der Waals surface area contributed by atoms with Crippen molar-refractivity contribution in [2.24, 2.45) is 0 Å². The Morgan fingerprint density at radius 2 is 1.88 bits per heavy atom. The molecule has 1 saturated heterocycles. The van der Waals surface area contributed by atoms with Gasteiger partial charge in [-0.15, -0.1) is 0 Å². The second-order valence-electron chi connectivity index (χ2n) is 9.34. The average molecular weight is 565 g/mol. The van der Waals surface area contributed by atoms with Crippen LogP contribution in [0.2, 0.25) is 0 Å². The third kappa shape index (κ3) is 6.09. The quantitative estimate of drug-likeness (QED) is 0.343. The van der Waals surface area contributed by atoms with E-state index in [0.717, 1.165) is 14.0 Å². The number of fused-ring (bicyclic) bond motifs is 1. The van der Waals surface area contributed by atoms with Gasteiger partial charge in [0.1, 0.15) is 0 Å². The molecule has 0 aliphatic carbocycles. The van der Waals surface area contributed by atoms with Gasteiger partial charge in [-0.2, -0.15) is 0 Å². The highest BCUT2D eigenvalue weighted by Crippen LogP contribution is 2.39. The molecule has 3 aromatic carbocycles. The minimum atomic E-state index is -3.85. The molecular weight excluding hydrogens is 516 g/mol. The number of ether oxygens (including phenoxy) is 1. The summed E-state index contributed by atoms with van der Waals surface area (Å²) >= 11 is 0. The Hall–Kier alpha value is -4.27. The second-order valence-corrected chi connectivity index (χ2v) is 9.34. The first-order chi connectivity index (χ1) is 24.3. The van der Waals surface area contributed by atoms with Gasteiger partial charge in [-0.1, -0.05) is 48.5 Å². The number of hydrogen-bond acceptors (Lipinski definition) is 6. The van der Waals surface area contributed by atoms with Crippen molar-refractivity contribution in [2.45, 2.75) is 19.4 Å². The highest BCUT2D eigenvalue weighted by molar-refractivity contribution is 6.37. The molecule has 1 fully saturated rings. The van der Waals surface area contributed by atoms with Gasteiger partial charge < -0.3 is 19.9 Å². The summed E-state index contributed by atoms with van der Waals surface area (Å²) in [6.07, 6.45) is 0.104. The lowest BCUT2D eigenvalue weighted by Gasteiger charge is -2.37. The van der Waals surface area contributed by atoms with E-state index in [-0.39, 0.29) is 27.5 Å². The maximum Gasteiger partial charge on any atom is 0.337 e. The van der Waals surface area contributed by atoms with Gasteiger partial charge in [-0.25, -0.2) is 4.79 Å². The van der Waals surface area contributed by atoms with Gasteiger partial charge in [-0.05, 0) is 61.4 Å². The maximum atomic E-state index is 14.0. The summed E-state index contributed by atoms with van der Waals surface area (Å²) in [6, 6.07) is 16.2. The van der Waals surface area contributed by atoms with Crippen molar-refractivity contribution in [1.29, 1.82) is 0 Å². The van der Waals surface area contributed by atoms with Crippen molar-refractivity contribution >= 4 is 40.3 Å². The number of esters is 1. The first kappa shape index (κ1) is 16.9. The number of hydrogen-bond donors (Lipinski definition) is 1. The fourth-order valence-corrected chi connectivity index (χ4v) is 4.45. The number of methoxy groups -OCH3 is 1. The third-order valence-corrected chi connectivity index (χ3v) is 6.70. The van der Waals surface area contributed by atoms with Crippen LogP contribution >= 0.6 is 0 Å². The van der Waals surface area contributed by atoms with Gasteiger partial charge in [0.15, 0.2) is 0 Å². The monoisotopic (exact) mass is 564 g/mol. The smallest absolute Gasteiger partial charge is 0.337 e. The topological polar surface area (TPSA) is 82.2 Å². The zero-order valence-electron chi connectivity index (χ0n) is 34.6. The lowest BCUT2D eigenvalue weighted by atomic mass is 9.90. The lowest BCUT2D eigenvalue weighted by molar-refractivity contribution is -0.120. The summed E-state index contributed by atoms with van der Waals surface area (Å²) < 4.78 is 106. The van der Waals surface area contributed by atoms with E-state index in [2.05, 4.69) is 5.32 Å². The molecule has 2 aliphatic heterocycles. The zero-order chi connectivity index (χ0) is 39.7. The Bertz CT molecular complexity index is 1960. The fourth-order valence-electron chi connectivity index (χ4n) is 4.45. The molecule has 3 aromatic rings. The van der Waals surface area contributed by atoms with Gasteiger partial charge in [-0.3, -0.25) is 14.5 Å². The molecule has 1 unspecified atom stereocenters. The van der Waals surface area contributed by atoms with Crippen molar-refractivity contribution in [3.63, 3.8) is 0 Å². The molecule has 8 heteroatoms. The van der Waals surface area contributed by atoms with Crippen LogP contribution in [0.1, 0.15) is 50.4 Å². The highest BCUT2D eigenvalue weighted by atomic mass is 16.5. The Balaban J connectivity index is 1.55. The number of piperazine rings is 1. The van der Waals surface area contributed by atoms with Crippen LogP contribution in [0.15, 0.2) is 72.8 Å². The Morgan fingerprint density at radius 1 is 1.12 bits per heavy atom. The first-order valence-corrected chi connectivity index (χ1v) is 12.6. The summed E-state index contributed by atoms with van der Waals surface area (Å²) in [6.45, 7) is -16.6. The molecule has 0 aromatic heterocycles. The Labute approximate surface area is 258 Å². The molecule has 5 rings (SSSR count). The average Bonchev–Trinajstić information content (AvgIpc) is 3.40. The number of allylic oxidation sites excluding steroid dienone is 1. The molecule has 8 nitrogen and oxygen atoms in total. The highest BCUT2D eigenvalue weighted by Gasteiger charge is 2.29. The van der Waals surface area contributed by atoms with Crippen LogP contribution in [0.25, 0.3) is 11.1 Å². The third-order valence-electron chi connectivity index (χ3n) is 6.70. The molecular formula is C33H36N4O4. The molecule has 2 heterocycles. The number of anilines is 2. The van der Waals surface area contributed by atoms with Gasteiger partial charge in [0, 0.05) is 63.1 Å². The summed E-state index contributed by atoms with van der Waals surface area (Å²) in [5, 5.41) is 2.78. The van der Waals surface area contributed by atoms with Crippen molar-refractivity contribution in [1.82, 2.24) is 9.80 Å². The molecule has 1 N–H and O–H groups in total. The summed E-state index contributed by atoms with van der Waals surface area (Å²) in [4.78, 5) is 39.7. The number of rotatable bonds is 7. The molecule has 0 spiro atoms. The predicted octanol–water partition coefficient (Wildman–Crippen LogP) is 4.18. The van der Waals surface area contributed by atoms with E-state index >= 15 is 0 Å². The van der Waals surface area contributed by atoms with Gasteiger partial charge in [0.25, 0.3) is 5.91 Å². The summed E-state index contributed by atoms with van der Waals surface area (Å²) in [7, 11) is 2.19. The Morgan fingerprint density at radius 3 is 2.59 bits per heavy atom. The van der Waals surface area contributed by atoms with Crippen LogP contribution in [-0.2, 0) is 20.7 Å². The molecule has 2 aliphatic rings. The SMILES string of the molecule is [2H]C([2H])([2H])N(C(=O)C([2H])([2H])N1C([2H])([2H])C([2H])([2H])N(C)C([2H])(C)C1([2H])[2H])c1ccc(C/C(=C2\C(=O)Nc3cc(C(=O)OC)ccc32)c2ccccc2)cc1. The number of amides is 2. The van der Waals surface area contributed by atoms with Gasteiger partial charge in [0.2, 0.25) is 5.91 Å². The van der Waals surface area contributed by atoms with Crippen molar-refractivity contribution in [3.8, 4) is 0 Å². The molecule has 1 atom stereocenters. The molecule has 0 saturated carbocycles. The summed E-state index contributed by atoms with van der Waals surface area (Å²) in [5.74, 6) is -2.94. The number of carbonyl (C=O) groups excluding carboxylic acids is 3. The van der Waals surface area contributed by atoms with Gasteiger partial charge >= 0.3 is 5.97 Å². The number of benzene rings is 3. The van der Waals surface area contributed by atoms with Gasteiger partial charge in [0.05, 0.1) is 27.5 Å². The van der Waals surface area contributed by atoms with Crippen LogP contribution in [0.4, 0.5) is 11.4 Å².